The molecule has 0 spiro atoms. The van der Waals surface area contributed by atoms with Crippen molar-refractivity contribution in [1.82, 2.24) is 0 Å². The Labute approximate surface area is 119 Å². The molecule has 1 saturated carbocycles. The number of hydrogen-bond acceptors (Lipinski definition) is 4. The molecule has 0 N–H and O–H groups in total. The molecule has 0 saturated heterocycles. The van der Waals surface area contributed by atoms with Crippen LogP contribution >= 0.6 is 0 Å². The molecule has 1 aromatic rings. The molecule has 20 heavy (non-hydrogen) atoms. The second-order valence-corrected chi connectivity index (χ2v) is 5.10. The summed E-state index contributed by atoms with van der Waals surface area (Å²) in [6, 6.07) is 8.89. The second kappa shape index (κ2) is 7.08. The topological polar surface area (TPSA) is 52.6 Å². The van der Waals surface area contributed by atoms with Gasteiger partial charge in [0, 0.05) is 6.92 Å². The van der Waals surface area contributed by atoms with E-state index in [1.54, 1.807) is 24.3 Å². The van der Waals surface area contributed by atoms with Gasteiger partial charge in [-0.05, 0) is 37.8 Å². The van der Waals surface area contributed by atoms with Crippen molar-refractivity contribution in [2.24, 2.45) is 0 Å². The number of ether oxygens (including phenoxy) is 2. The fourth-order valence-corrected chi connectivity index (χ4v) is 2.50. The predicted molar refractivity (Wildman–Crippen MR) is 74.3 cm³/mol. The Morgan fingerprint density at radius 2 is 1.55 bits per heavy atom. The van der Waals surface area contributed by atoms with Gasteiger partial charge in [-0.1, -0.05) is 24.6 Å². The SMILES string of the molecule is CC(=O)O[C@H]1CCCCC[C@@H]1OC(=O)c1ccccc1. The number of carbonyl (C=O) groups is 2. The van der Waals surface area contributed by atoms with E-state index in [9.17, 15) is 9.59 Å². The van der Waals surface area contributed by atoms with Gasteiger partial charge in [0.2, 0.25) is 0 Å². The largest absolute Gasteiger partial charge is 0.459 e. The molecular weight excluding hydrogens is 256 g/mol. The van der Waals surface area contributed by atoms with Crippen LogP contribution in [0.2, 0.25) is 0 Å². The molecule has 1 aliphatic rings. The lowest BCUT2D eigenvalue weighted by Crippen LogP contribution is -2.34. The van der Waals surface area contributed by atoms with Crippen LogP contribution in [0.15, 0.2) is 30.3 Å². The van der Waals surface area contributed by atoms with Crippen molar-refractivity contribution in [3.8, 4) is 0 Å². The van der Waals surface area contributed by atoms with Gasteiger partial charge in [-0.3, -0.25) is 4.79 Å². The van der Waals surface area contributed by atoms with Crippen LogP contribution in [0.25, 0.3) is 0 Å². The third-order valence-electron chi connectivity index (χ3n) is 3.48. The summed E-state index contributed by atoms with van der Waals surface area (Å²) in [5, 5.41) is 0. The number of rotatable bonds is 3. The van der Waals surface area contributed by atoms with Crippen LogP contribution in [0.1, 0.15) is 49.4 Å². The highest BCUT2D eigenvalue weighted by molar-refractivity contribution is 5.89. The van der Waals surface area contributed by atoms with Crippen LogP contribution in [0.4, 0.5) is 0 Å². The Hall–Kier alpha value is -1.84. The first-order valence-corrected chi connectivity index (χ1v) is 7.10. The Morgan fingerprint density at radius 3 is 2.15 bits per heavy atom. The van der Waals surface area contributed by atoms with Crippen LogP contribution in [-0.4, -0.2) is 24.1 Å². The van der Waals surface area contributed by atoms with Gasteiger partial charge in [0.1, 0.15) is 12.2 Å². The van der Waals surface area contributed by atoms with Gasteiger partial charge in [0.15, 0.2) is 0 Å². The highest BCUT2D eigenvalue weighted by atomic mass is 16.6. The highest BCUT2D eigenvalue weighted by Crippen LogP contribution is 2.24. The molecule has 0 unspecified atom stereocenters. The Bertz CT molecular complexity index is 455. The summed E-state index contributed by atoms with van der Waals surface area (Å²) in [5.41, 5.74) is 0.526. The van der Waals surface area contributed by atoms with Crippen LogP contribution in [0.5, 0.6) is 0 Å². The summed E-state index contributed by atoms with van der Waals surface area (Å²) in [6.45, 7) is 1.39. The molecule has 2 rings (SSSR count). The summed E-state index contributed by atoms with van der Waals surface area (Å²) in [5.74, 6) is -0.674. The van der Waals surface area contributed by atoms with E-state index < -0.39 is 0 Å². The third-order valence-corrected chi connectivity index (χ3v) is 3.48. The van der Waals surface area contributed by atoms with Gasteiger partial charge in [0.05, 0.1) is 5.56 Å². The van der Waals surface area contributed by atoms with E-state index in [-0.39, 0.29) is 24.1 Å². The maximum atomic E-state index is 12.1. The first-order valence-electron chi connectivity index (χ1n) is 7.10. The van der Waals surface area contributed by atoms with Gasteiger partial charge >= 0.3 is 11.9 Å². The average molecular weight is 276 g/mol. The van der Waals surface area contributed by atoms with Crippen LogP contribution in [-0.2, 0) is 14.3 Å². The highest BCUT2D eigenvalue weighted by Gasteiger charge is 2.29. The molecule has 0 bridgehead atoms. The van der Waals surface area contributed by atoms with E-state index in [1.807, 2.05) is 6.07 Å². The predicted octanol–water partition coefficient (Wildman–Crippen LogP) is 3.11. The fourth-order valence-electron chi connectivity index (χ4n) is 2.50. The number of benzene rings is 1. The lowest BCUT2D eigenvalue weighted by Gasteiger charge is -2.24. The van der Waals surface area contributed by atoms with E-state index in [0.717, 1.165) is 32.1 Å². The molecule has 4 heteroatoms. The zero-order chi connectivity index (χ0) is 14.4. The van der Waals surface area contributed by atoms with E-state index >= 15 is 0 Å². The fraction of sp³-hybridized carbons (Fsp3) is 0.500. The summed E-state index contributed by atoms with van der Waals surface area (Å²) >= 11 is 0. The summed E-state index contributed by atoms with van der Waals surface area (Å²) in [4.78, 5) is 23.3. The lowest BCUT2D eigenvalue weighted by molar-refractivity contribution is -0.153. The van der Waals surface area contributed by atoms with E-state index in [0.29, 0.717) is 5.56 Å². The van der Waals surface area contributed by atoms with Crippen molar-refractivity contribution in [3.05, 3.63) is 35.9 Å². The molecule has 0 amide bonds. The Balaban J connectivity index is 2.03. The molecule has 2 atom stereocenters. The van der Waals surface area contributed by atoms with Gasteiger partial charge in [-0.2, -0.15) is 0 Å². The van der Waals surface area contributed by atoms with Crippen molar-refractivity contribution >= 4 is 11.9 Å². The van der Waals surface area contributed by atoms with Gasteiger partial charge in [0.25, 0.3) is 0 Å². The molecule has 108 valence electrons. The van der Waals surface area contributed by atoms with Crippen molar-refractivity contribution in [2.75, 3.05) is 0 Å². The third kappa shape index (κ3) is 4.08. The molecule has 0 heterocycles. The van der Waals surface area contributed by atoms with Crippen molar-refractivity contribution in [3.63, 3.8) is 0 Å². The summed E-state index contributed by atoms with van der Waals surface area (Å²) < 4.78 is 10.9. The smallest absolute Gasteiger partial charge is 0.338 e. The Morgan fingerprint density at radius 1 is 0.950 bits per heavy atom. The minimum atomic E-state index is -0.352. The number of esters is 2. The maximum Gasteiger partial charge on any atom is 0.338 e. The van der Waals surface area contributed by atoms with Gasteiger partial charge < -0.3 is 9.47 Å². The second-order valence-electron chi connectivity index (χ2n) is 5.10. The summed E-state index contributed by atoms with van der Waals surface area (Å²) in [6.07, 6.45) is 3.92. The lowest BCUT2D eigenvalue weighted by atomic mass is 10.1. The molecule has 0 aromatic heterocycles. The molecule has 0 aliphatic heterocycles. The molecule has 4 nitrogen and oxygen atoms in total. The molecule has 1 aromatic carbocycles. The van der Waals surface area contributed by atoms with Gasteiger partial charge in [-0.15, -0.1) is 0 Å². The molecule has 1 aliphatic carbocycles. The van der Waals surface area contributed by atoms with E-state index in [4.69, 9.17) is 9.47 Å². The molecule has 0 radical (unpaired) electrons. The van der Waals surface area contributed by atoms with E-state index in [1.165, 1.54) is 6.92 Å². The first-order chi connectivity index (χ1) is 9.66. The Kier molecular flexibility index (Phi) is 5.16. The van der Waals surface area contributed by atoms with Crippen LogP contribution < -0.4 is 0 Å². The molecular formula is C16H20O4. The number of carbonyl (C=O) groups excluding carboxylic acids is 2. The molecule has 1 fully saturated rings. The van der Waals surface area contributed by atoms with Gasteiger partial charge in [-0.25, -0.2) is 4.79 Å². The zero-order valence-corrected chi connectivity index (χ0v) is 11.7. The first kappa shape index (κ1) is 14.6. The normalized spacial score (nSPS) is 22.6. The quantitative estimate of drug-likeness (QED) is 0.628. The van der Waals surface area contributed by atoms with Crippen molar-refractivity contribution < 1.29 is 19.1 Å². The average Bonchev–Trinajstić information content (AvgIpc) is 2.65. The number of hydrogen-bond donors (Lipinski definition) is 0. The zero-order valence-electron chi connectivity index (χ0n) is 11.7. The van der Waals surface area contributed by atoms with Crippen molar-refractivity contribution in [2.45, 2.75) is 51.2 Å². The van der Waals surface area contributed by atoms with Crippen LogP contribution in [0.3, 0.4) is 0 Å². The monoisotopic (exact) mass is 276 g/mol. The van der Waals surface area contributed by atoms with Crippen LogP contribution in [0, 0.1) is 0 Å². The standard InChI is InChI=1S/C16H20O4/c1-12(17)19-14-10-6-3-7-11-15(14)20-16(18)13-8-4-2-5-9-13/h2,4-5,8-9,14-15H,3,6-7,10-11H2,1H3/t14-,15-/m0/s1. The summed E-state index contributed by atoms with van der Waals surface area (Å²) in [7, 11) is 0. The minimum Gasteiger partial charge on any atom is -0.459 e. The van der Waals surface area contributed by atoms with Crippen molar-refractivity contribution in [1.29, 1.82) is 0 Å². The minimum absolute atomic E-state index is 0.317. The maximum absolute atomic E-state index is 12.1. The van der Waals surface area contributed by atoms with E-state index in [2.05, 4.69) is 0 Å².